The van der Waals surface area contributed by atoms with E-state index in [9.17, 15) is 4.79 Å². The minimum atomic E-state index is -0.299. The molecule has 8 heteroatoms. The van der Waals surface area contributed by atoms with E-state index in [1.807, 2.05) is 24.3 Å². The van der Waals surface area contributed by atoms with Crippen molar-refractivity contribution in [2.24, 2.45) is 5.10 Å². The van der Waals surface area contributed by atoms with Crippen molar-refractivity contribution in [2.45, 2.75) is 0 Å². The summed E-state index contributed by atoms with van der Waals surface area (Å²) in [7, 11) is 0. The average Bonchev–Trinajstić information content (AvgIpc) is 2.97. The highest BCUT2D eigenvalue weighted by molar-refractivity contribution is 7.17. The topological polar surface area (TPSA) is 66.4 Å². The molecule has 0 radical (unpaired) electrons. The Morgan fingerprint density at radius 1 is 1.08 bits per heavy atom. The van der Waals surface area contributed by atoms with Crippen molar-refractivity contribution in [1.29, 1.82) is 0 Å². The normalized spacial score (nSPS) is 10.8. The molecule has 0 aliphatic rings. The molecule has 2 aromatic carbocycles. The van der Waals surface area contributed by atoms with Crippen LogP contribution in [0, 0.1) is 0 Å². The van der Waals surface area contributed by atoms with Crippen molar-refractivity contribution >= 4 is 57.5 Å². The summed E-state index contributed by atoms with van der Waals surface area (Å²) in [5.74, 6) is -0.299. The number of benzene rings is 2. The van der Waals surface area contributed by atoms with Gasteiger partial charge in [-0.05, 0) is 24.3 Å². The monoisotopic (exact) mass is 390 g/mol. The maximum Gasteiger partial charge on any atom is 0.271 e. The maximum absolute atomic E-state index is 11.9. The molecular weight excluding hydrogens is 379 g/mol. The molecule has 5 nitrogen and oxygen atoms in total. The van der Waals surface area contributed by atoms with Crippen LogP contribution in [0.25, 0.3) is 0 Å². The van der Waals surface area contributed by atoms with Gasteiger partial charge in [0.1, 0.15) is 0 Å². The summed E-state index contributed by atoms with van der Waals surface area (Å²) in [6.07, 6.45) is 1.46. The number of nitrogens with zero attached hydrogens (tertiary/aromatic N) is 2. The van der Waals surface area contributed by atoms with E-state index < -0.39 is 0 Å². The van der Waals surface area contributed by atoms with E-state index in [2.05, 4.69) is 20.8 Å². The summed E-state index contributed by atoms with van der Waals surface area (Å²) in [6, 6.07) is 16.1. The second-order valence-corrected chi connectivity index (χ2v) is 6.64. The van der Waals surface area contributed by atoms with Crippen molar-refractivity contribution in [2.75, 3.05) is 5.32 Å². The highest BCUT2D eigenvalue weighted by Crippen LogP contribution is 2.30. The molecule has 25 heavy (non-hydrogen) atoms. The van der Waals surface area contributed by atoms with Crippen molar-refractivity contribution in [3.8, 4) is 0 Å². The molecule has 0 fully saturated rings. The molecular formula is C17H12Cl2N4OS. The van der Waals surface area contributed by atoms with Gasteiger partial charge in [-0.15, -0.1) is 0 Å². The molecule has 0 aliphatic heterocycles. The van der Waals surface area contributed by atoms with Crippen LogP contribution in [0.4, 0.5) is 10.8 Å². The van der Waals surface area contributed by atoms with E-state index in [0.717, 1.165) is 5.69 Å². The summed E-state index contributed by atoms with van der Waals surface area (Å²) in [5.41, 5.74) is 3.71. The number of carbonyl (C=O) groups is 1. The van der Waals surface area contributed by atoms with Crippen LogP contribution < -0.4 is 10.7 Å². The molecule has 126 valence electrons. The number of nitrogens with one attached hydrogen (secondary N) is 2. The minimum absolute atomic E-state index is 0.289. The Bertz CT molecular complexity index is 912. The summed E-state index contributed by atoms with van der Waals surface area (Å²) in [4.78, 5) is 16.7. The summed E-state index contributed by atoms with van der Waals surface area (Å²) < 4.78 is 0. The Balaban J connectivity index is 1.66. The summed E-state index contributed by atoms with van der Waals surface area (Å²) >= 11 is 13.5. The molecule has 0 spiro atoms. The van der Waals surface area contributed by atoms with Crippen LogP contribution in [0.15, 0.2) is 59.7 Å². The Labute approximate surface area is 158 Å². The van der Waals surface area contributed by atoms with Crippen molar-refractivity contribution in [3.05, 3.63) is 75.2 Å². The van der Waals surface area contributed by atoms with E-state index in [1.54, 1.807) is 30.3 Å². The molecule has 0 saturated heterocycles. The second kappa shape index (κ2) is 8.11. The van der Waals surface area contributed by atoms with Gasteiger partial charge in [0.05, 0.1) is 21.8 Å². The molecule has 0 unspecified atom stereocenters. The summed E-state index contributed by atoms with van der Waals surface area (Å²) in [5, 5.41) is 8.47. The van der Waals surface area contributed by atoms with E-state index in [0.29, 0.717) is 20.6 Å². The third-order valence-corrected chi connectivity index (χ3v) is 4.74. The lowest BCUT2D eigenvalue weighted by atomic mass is 10.2. The number of carbonyl (C=O) groups excluding carboxylic acids is 1. The van der Waals surface area contributed by atoms with Crippen molar-refractivity contribution in [1.82, 2.24) is 10.4 Å². The van der Waals surface area contributed by atoms with Crippen molar-refractivity contribution in [3.63, 3.8) is 0 Å². The number of hydrogen-bond acceptors (Lipinski definition) is 5. The lowest BCUT2D eigenvalue weighted by Gasteiger charge is -2.03. The zero-order valence-corrected chi connectivity index (χ0v) is 15.1. The zero-order valence-electron chi connectivity index (χ0n) is 12.7. The van der Waals surface area contributed by atoms with Crippen LogP contribution in [0.5, 0.6) is 0 Å². The fourth-order valence-corrected chi connectivity index (χ4v) is 3.15. The Morgan fingerprint density at radius 2 is 1.80 bits per heavy atom. The molecule has 0 saturated carbocycles. The number of anilines is 2. The number of hydrazone groups is 1. The first kappa shape index (κ1) is 17.4. The first-order chi connectivity index (χ1) is 12.1. The minimum Gasteiger partial charge on any atom is -0.330 e. The second-order valence-electron chi connectivity index (χ2n) is 4.84. The highest BCUT2D eigenvalue weighted by atomic mass is 35.5. The van der Waals surface area contributed by atoms with Gasteiger partial charge in [0, 0.05) is 5.56 Å². The van der Waals surface area contributed by atoms with Gasteiger partial charge in [0.25, 0.3) is 5.91 Å². The van der Waals surface area contributed by atoms with Gasteiger partial charge in [-0.25, -0.2) is 10.4 Å². The predicted octanol–water partition coefficient (Wildman–Crippen LogP) is 4.96. The molecule has 0 atom stereocenters. The third-order valence-electron chi connectivity index (χ3n) is 3.11. The molecule has 1 amide bonds. The number of amides is 1. The van der Waals surface area contributed by atoms with Gasteiger partial charge in [0.15, 0.2) is 10.3 Å². The molecule has 1 heterocycles. The SMILES string of the molecule is O=C(N/N=C/c1sc(Nc2ccccc2Cl)nc1Cl)c1ccccc1. The van der Waals surface area contributed by atoms with Crippen LogP contribution >= 0.6 is 34.5 Å². The Hall–Kier alpha value is -2.41. The number of rotatable bonds is 5. The van der Waals surface area contributed by atoms with Crippen LogP contribution in [0.2, 0.25) is 10.2 Å². The Morgan fingerprint density at radius 3 is 2.56 bits per heavy atom. The maximum atomic E-state index is 11.9. The van der Waals surface area contributed by atoms with Gasteiger partial charge in [-0.2, -0.15) is 5.10 Å². The predicted molar refractivity (Wildman–Crippen MR) is 103 cm³/mol. The van der Waals surface area contributed by atoms with Gasteiger partial charge in [-0.1, -0.05) is 64.9 Å². The first-order valence-corrected chi connectivity index (χ1v) is 8.77. The molecule has 3 rings (SSSR count). The van der Waals surface area contributed by atoms with Crippen LogP contribution in [0.3, 0.4) is 0 Å². The summed E-state index contributed by atoms with van der Waals surface area (Å²) in [6.45, 7) is 0. The van der Waals surface area contributed by atoms with E-state index in [1.165, 1.54) is 17.6 Å². The van der Waals surface area contributed by atoms with Crippen LogP contribution in [-0.2, 0) is 0 Å². The van der Waals surface area contributed by atoms with Crippen LogP contribution in [0.1, 0.15) is 15.2 Å². The molecule has 2 N–H and O–H groups in total. The fourth-order valence-electron chi connectivity index (χ4n) is 1.93. The first-order valence-electron chi connectivity index (χ1n) is 7.20. The fraction of sp³-hybridized carbons (Fsp3) is 0. The quantitative estimate of drug-likeness (QED) is 0.477. The largest absolute Gasteiger partial charge is 0.330 e. The lowest BCUT2D eigenvalue weighted by Crippen LogP contribution is -2.17. The number of para-hydroxylation sites is 1. The molecule has 0 aliphatic carbocycles. The standard InChI is InChI=1S/C17H12Cl2N4OS/c18-12-8-4-5-9-13(12)21-17-22-15(19)14(25-17)10-20-23-16(24)11-6-2-1-3-7-11/h1-10H,(H,21,22)(H,23,24)/b20-10+. The van der Waals surface area contributed by atoms with Crippen molar-refractivity contribution < 1.29 is 4.79 Å². The number of aromatic nitrogens is 1. The molecule has 0 bridgehead atoms. The number of thiazole rings is 1. The van der Waals surface area contributed by atoms with Gasteiger partial charge in [0.2, 0.25) is 0 Å². The number of halogens is 2. The van der Waals surface area contributed by atoms with Gasteiger partial charge < -0.3 is 5.32 Å². The number of hydrogen-bond donors (Lipinski definition) is 2. The van der Waals surface area contributed by atoms with E-state index >= 15 is 0 Å². The van der Waals surface area contributed by atoms with Crippen LogP contribution in [-0.4, -0.2) is 17.1 Å². The lowest BCUT2D eigenvalue weighted by molar-refractivity contribution is 0.0955. The zero-order chi connectivity index (χ0) is 17.6. The third kappa shape index (κ3) is 4.57. The average molecular weight is 391 g/mol. The van der Waals surface area contributed by atoms with Gasteiger partial charge >= 0.3 is 0 Å². The van der Waals surface area contributed by atoms with Gasteiger partial charge in [-0.3, -0.25) is 4.79 Å². The van der Waals surface area contributed by atoms with E-state index in [-0.39, 0.29) is 11.1 Å². The highest BCUT2D eigenvalue weighted by Gasteiger charge is 2.09. The smallest absolute Gasteiger partial charge is 0.271 e. The molecule has 3 aromatic rings. The molecule has 1 aromatic heterocycles. The Kier molecular flexibility index (Phi) is 5.65. The van der Waals surface area contributed by atoms with E-state index in [4.69, 9.17) is 23.2 Å².